The maximum absolute atomic E-state index is 12.0. The summed E-state index contributed by atoms with van der Waals surface area (Å²) in [5.41, 5.74) is -0.138. The van der Waals surface area contributed by atoms with Gasteiger partial charge in [-0.1, -0.05) is 0 Å². The monoisotopic (exact) mass is 187 g/mol. The Bertz CT molecular complexity index is 228. The number of hydrogen-bond donors (Lipinski definition) is 3. The highest BCUT2D eigenvalue weighted by molar-refractivity contribution is 5.17. The van der Waals surface area contributed by atoms with E-state index in [0.717, 1.165) is 12.8 Å². The van der Waals surface area contributed by atoms with Gasteiger partial charge in [0, 0.05) is 18.0 Å². The van der Waals surface area contributed by atoms with Crippen molar-refractivity contribution in [2.75, 3.05) is 6.54 Å². The summed E-state index contributed by atoms with van der Waals surface area (Å²) in [5, 5.41) is 22.2. The quantitative estimate of drug-likeness (QED) is 0.539. The highest BCUT2D eigenvalue weighted by Crippen LogP contribution is 2.46. The fourth-order valence-electron chi connectivity index (χ4n) is 2.13. The molecular formula is C9H14FNO2. The maximum Gasteiger partial charge on any atom is 0.0929 e. The molecule has 1 aliphatic heterocycles. The smallest absolute Gasteiger partial charge is 0.0929 e. The van der Waals surface area contributed by atoms with E-state index in [1.165, 1.54) is 6.08 Å². The van der Waals surface area contributed by atoms with Gasteiger partial charge in [0.25, 0.3) is 0 Å². The predicted octanol–water partition coefficient (Wildman–Crippen LogP) is -0.0566. The minimum absolute atomic E-state index is 0.138. The molecule has 74 valence electrons. The molecule has 0 bridgehead atoms. The van der Waals surface area contributed by atoms with Crippen LogP contribution in [-0.4, -0.2) is 34.5 Å². The summed E-state index contributed by atoms with van der Waals surface area (Å²) in [6, 6.07) is 0. The number of aliphatic hydroxyl groups excluding tert-OH is 2. The zero-order chi connectivity index (χ0) is 9.47. The van der Waals surface area contributed by atoms with Crippen LogP contribution in [0.4, 0.5) is 4.39 Å². The molecule has 2 rings (SSSR count). The summed E-state index contributed by atoms with van der Waals surface area (Å²) >= 11 is 0. The van der Waals surface area contributed by atoms with Gasteiger partial charge in [-0.3, -0.25) is 0 Å². The van der Waals surface area contributed by atoms with Crippen LogP contribution in [0.3, 0.4) is 0 Å². The summed E-state index contributed by atoms with van der Waals surface area (Å²) in [4.78, 5) is 0. The van der Waals surface area contributed by atoms with Crippen LogP contribution in [0.5, 0.6) is 0 Å². The van der Waals surface area contributed by atoms with E-state index in [4.69, 9.17) is 0 Å². The second-order valence-corrected chi connectivity index (χ2v) is 3.94. The van der Waals surface area contributed by atoms with Crippen molar-refractivity contribution in [3.63, 3.8) is 0 Å². The van der Waals surface area contributed by atoms with Crippen molar-refractivity contribution < 1.29 is 14.6 Å². The highest BCUT2D eigenvalue weighted by Gasteiger charge is 2.54. The Balaban J connectivity index is 2.15. The molecule has 0 aromatic rings. The van der Waals surface area contributed by atoms with E-state index in [2.05, 4.69) is 5.32 Å². The number of rotatable bonds is 1. The number of halogens is 1. The molecule has 1 saturated carbocycles. The van der Waals surface area contributed by atoms with Gasteiger partial charge in [0.2, 0.25) is 0 Å². The van der Waals surface area contributed by atoms with Crippen LogP contribution in [0, 0.1) is 5.92 Å². The lowest BCUT2D eigenvalue weighted by Crippen LogP contribution is -2.57. The van der Waals surface area contributed by atoms with E-state index in [1.807, 2.05) is 0 Å². The molecule has 2 fully saturated rings. The van der Waals surface area contributed by atoms with Gasteiger partial charge in [0.05, 0.1) is 18.5 Å². The van der Waals surface area contributed by atoms with Gasteiger partial charge in [-0.25, -0.2) is 4.39 Å². The van der Waals surface area contributed by atoms with Gasteiger partial charge >= 0.3 is 0 Å². The summed E-state index contributed by atoms with van der Waals surface area (Å²) in [7, 11) is 0. The van der Waals surface area contributed by atoms with Crippen LogP contribution in [0.1, 0.15) is 12.8 Å². The second kappa shape index (κ2) is 3.04. The average molecular weight is 187 g/mol. The van der Waals surface area contributed by atoms with E-state index >= 15 is 0 Å². The summed E-state index contributed by atoms with van der Waals surface area (Å²) < 4.78 is 12.0. The van der Waals surface area contributed by atoms with Crippen LogP contribution in [0.25, 0.3) is 0 Å². The SMILES string of the molecule is OC1CNC2(CC2)C(C=CF)C1O. The molecule has 3 nitrogen and oxygen atoms in total. The topological polar surface area (TPSA) is 52.5 Å². The molecule has 0 aromatic heterocycles. The first-order chi connectivity index (χ1) is 6.19. The molecule has 1 aliphatic carbocycles. The Morgan fingerprint density at radius 3 is 2.62 bits per heavy atom. The Kier molecular flexibility index (Phi) is 2.14. The van der Waals surface area contributed by atoms with Crippen LogP contribution in [0.15, 0.2) is 12.4 Å². The Morgan fingerprint density at radius 2 is 2.08 bits per heavy atom. The van der Waals surface area contributed by atoms with Gasteiger partial charge in [0.1, 0.15) is 0 Å². The van der Waals surface area contributed by atoms with E-state index < -0.39 is 12.2 Å². The molecule has 4 heteroatoms. The third-order valence-corrected chi connectivity index (χ3v) is 3.13. The van der Waals surface area contributed by atoms with E-state index in [1.54, 1.807) is 0 Å². The maximum atomic E-state index is 12.0. The first-order valence-electron chi connectivity index (χ1n) is 4.58. The van der Waals surface area contributed by atoms with Gasteiger partial charge in [-0.2, -0.15) is 0 Å². The van der Waals surface area contributed by atoms with Gasteiger partial charge in [-0.15, -0.1) is 0 Å². The molecule has 0 aromatic carbocycles. The van der Waals surface area contributed by atoms with Crippen molar-refractivity contribution >= 4 is 0 Å². The number of hydrogen-bond acceptors (Lipinski definition) is 3. The largest absolute Gasteiger partial charge is 0.390 e. The molecule has 0 radical (unpaired) electrons. The minimum Gasteiger partial charge on any atom is -0.390 e. The molecular weight excluding hydrogens is 173 g/mol. The van der Waals surface area contributed by atoms with Gasteiger partial charge in [0.15, 0.2) is 0 Å². The zero-order valence-electron chi connectivity index (χ0n) is 7.28. The number of aliphatic hydroxyl groups is 2. The van der Waals surface area contributed by atoms with E-state index in [-0.39, 0.29) is 11.5 Å². The number of nitrogens with one attached hydrogen (secondary N) is 1. The predicted molar refractivity (Wildman–Crippen MR) is 45.7 cm³/mol. The molecule has 2 aliphatic rings. The number of piperidine rings is 1. The summed E-state index contributed by atoms with van der Waals surface area (Å²) in [6.07, 6.45) is 2.07. The lowest BCUT2D eigenvalue weighted by molar-refractivity contribution is -0.0424. The first kappa shape index (κ1) is 9.12. The molecule has 0 amide bonds. The van der Waals surface area contributed by atoms with Crippen LogP contribution in [-0.2, 0) is 0 Å². The molecule has 3 N–H and O–H groups in total. The lowest BCUT2D eigenvalue weighted by Gasteiger charge is -2.38. The van der Waals surface area contributed by atoms with Crippen LogP contribution in [0.2, 0.25) is 0 Å². The Morgan fingerprint density at radius 1 is 1.38 bits per heavy atom. The molecule has 1 spiro atoms. The Hall–Kier alpha value is -0.450. The molecule has 1 saturated heterocycles. The molecule has 3 atom stereocenters. The van der Waals surface area contributed by atoms with E-state index in [9.17, 15) is 14.6 Å². The van der Waals surface area contributed by atoms with Crippen LogP contribution < -0.4 is 5.32 Å². The zero-order valence-corrected chi connectivity index (χ0v) is 7.28. The normalized spacial score (nSPS) is 42.8. The fourth-order valence-corrected chi connectivity index (χ4v) is 2.13. The summed E-state index contributed by atoms with van der Waals surface area (Å²) in [6.45, 7) is 0.401. The second-order valence-electron chi connectivity index (χ2n) is 3.94. The van der Waals surface area contributed by atoms with Crippen molar-refractivity contribution in [1.82, 2.24) is 5.32 Å². The van der Waals surface area contributed by atoms with Crippen molar-refractivity contribution in [1.29, 1.82) is 0 Å². The number of β-amino-alcohol motifs (C(OH)–C–C–N with tert-alkyl or cyclic N) is 1. The molecule has 1 heterocycles. The van der Waals surface area contributed by atoms with Crippen molar-refractivity contribution in [3.8, 4) is 0 Å². The Labute approximate surface area is 76.3 Å². The lowest BCUT2D eigenvalue weighted by atomic mass is 9.84. The van der Waals surface area contributed by atoms with Crippen molar-refractivity contribution in [2.24, 2.45) is 5.92 Å². The minimum atomic E-state index is -0.837. The average Bonchev–Trinajstić information content (AvgIpc) is 2.88. The van der Waals surface area contributed by atoms with Gasteiger partial charge < -0.3 is 15.5 Å². The standard InChI is InChI=1S/C9H14FNO2/c10-4-1-6-8(13)7(12)5-11-9(6)2-3-9/h1,4,6-8,11-13H,2-3,5H2. The highest BCUT2D eigenvalue weighted by atomic mass is 19.1. The first-order valence-corrected chi connectivity index (χ1v) is 4.58. The molecule has 13 heavy (non-hydrogen) atoms. The summed E-state index contributed by atoms with van der Waals surface area (Å²) in [5.74, 6) is -0.291. The van der Waals surface area contributed by atoms with Crippen molar-refractivity contribution in [2.45, 2.75) is 30.6 Å². The van der Waals surface area contributed by atoms with Crippen molar-refractivity contribution in [3.05, 3.63) is 12.4 Å². The van der Waals surface area contributed by atoms with Gasteiger partial charge in [-0.05, 0) is 18.9 Å². The fraction of sp³-hybridized carbons (Fsp3) is 0.778. The third kappa shape index (κ3) is 1.39. The third-order valence-electron chi connectivity index (χ3n) is 3.13. The van der Waals surface area contributed by atoms with Crippen LogP contribution >= 0.6 is 0 Å². The molecule has 3 unspecified atom stereocenters. The van der Waals surface area contributed by atoms with E-state index in [0.29, 0.717) is 12.9 Å².